The molecule has 0 saturated heterocycles. The zero-order valence-electron chi connectivity index (χ0n) is 39.5. The van der Waals surface area contributed by atoms with Crippen molar-refractivity contribution in [2.24, 2.45) is 0 Å². The van der Waals surface area contributed by atoms with Gasteiger partial charge >= 0.3 is 0 Å². The SMILES string of the molecule is Cc1ccccc1N(c1ccc2c3ccccc3c3ccccc3c2c1)c1c(C)cc(-c2cc(C)c(N(c3ccc4c5ccccc5c5ccccc5c4c3)c3ccccc3C)c(C)c2)cc1C. The van der Waals surface area contributed by atoms with Crippen molar-refractivity contribution < 1.29 is 0 Å². The number of para-hydroxylation sites is 2. The maximum absolute atomic E-state index is 2.49. The van der Waals surface area contributed by atoms with Crippen LogP contribution in [0.4, 0.5) is 34.1 Å². The van der Waals surface area contributed by atoms with Crippen LogP contribution in [-0.2, 0) is 0 Å². The van der Waals surface area contributed by atoms with E-state index in [0.29, 0.717) is 0 Å². The van der Waals surface area contributed by atoms with Crippen LogP contribution in [-0.4, -0.2) is 0 Å². The predicted molar refractivity (Wildman–Crippen MR) is 295 cm³/mol. The highest BCUT2D eigenvalue weighted by Gasteiger charge is 2.24. The van der Waals surface area contributed by atoms with Gasteiger partial charge in [0, 0.05) is 22.7 Å². The number of fused-ring (bicyclic) bond motifs is 12. The molecule has 0 amide bonds. The molecule has 0 saturated carbocycles. The van der Waals surface area contributed by atoms with Crippen LogP contribution in [0.5, 0.6) is 0 Å². The third kappa shape index (κ3) is 6.62. The number of aryl methyl sites for hydroxylation is 6. The summed E-state index contributed by atoms with van der Waals surface area (Å²) in [7, 11) is 0. The Bertz CT molecular complexity index is 3630. The second kappa shape index (κ2) is 16.3. The molecule has 0 heterocycles. The van der Waals surface area contributed by atoms with Crippen LogP contribution in [0.3, 0.4) is 0 Å². The summed E-state index contributed by atoms with van der Waals surface area (Å²) in [5, 5.41) is 15.3. The van der Waals surface area contributed by atoms with Crippen molar-refractivity contribution in [2.45, 2.75) is 41.5 Å². The van der Waals surface area contributed by atoms with Gasteiger partial charge in [-0.25, -0.2) is 0 Å². The number of hydrogen-bond acceptors (Lipinski definition) is 2. The molecular weight excluding hydrogens is 821 g/mol. The summed E-state index contributed by atoms with van der Waals surface area (Å²) in [6.07, 6.45) is 0. The predicted octanol–water partition coefficient (Wildman–Crippen LogP) is 19.1. The average molecular weight is 873 g/mol. The zero-order chi connectivity index (χ0) is 46.2. The van der Waals surface area contributed by atoms with E-state index in [1.165, 1.54) is 132 Å². The standard InChI is InChI=1S/C66H52N2/c1-41-19-7-17-29-63(41)67(49-31-33-59-55-25-11-9-21-51(55)53-23-13-15-27-57(53)61(59)39-49)65-43(3)35-47(36-44(65)4)48-37-45(5)66(46(6)38-48)68(64-30-18-8-20-42(64)2)50-32-34-60-56-26-12-10-22-52(56)54-24-14-16-28-58(54)62(60)40-50/h7-40H,1-6H3. The zero-order valence-corrected chi connectivity index (χ0v) is 39.5. The van der Waals surface area contributed by atoms with Gasteiger partial charge < -0.3 is 9.80 Å². The number of rotatable bonds is 7. The van der Waals surface area contributed by atoms with E-state index < -0.39 is 0 Å². The lowest BCUT2D eigenvalue weighted by Crippen LogP contribution is -2.15. The molecule has 0 aliphatic rings. The molecule has 0 aliphatic heterocycles. The van der Waals surface area contributed by atoms with Crippen LogP contribution in [0, 0.1) is 41.5 Å². The topological polar surface area (TPSA) is 6.48 Å². The molecule has 12 rings (SSSR count). The minimum atomic E-state index is 1.15. The van der Waals surface area contributed by atoms with Gasteiger partial charge in [-0.1, -0.05) is 146 Å². The summed E-state index contributed by atoms with van der Waals surface area (Å²) >= 11 is 0. The molecule has 0 aromatic heterocycles. The molecule has 12 aromatic carbocycles. The largest absolute Gasteiger partial charge is 0.310 e. The van der Waals surface area contributed by atoms with Crippen LogP contribution in [0.1, 0.15) is 33.4 Å². The Morgan fingerprint density at radius 2 is 0.471 bits per heavy atom. The first-order chi connectivity index (χ1) is 33.2. The number of nitrogens with zero attached hydrogens (tertiary/aromatic N) is 2. The Labute approximate surface area is 399 Å². The van der Waals surface area contributed by atoms with E-state index in [0.717, 1.165) is 11.4 Å². The van der Waals surface area contributed by atoms with Crippen molar-refractivity contribution in [3.63, 3.8) is 0 Å². The summed E-state index contributed by atoms with van der Waals surface area (Å²) in [5.41, 5.74) is 16.9. The van der Waals surface area contributed by atoms with Gasteiger partial charge in [0.05, 0.1) is 11.4 Å². The van der Waals surface area contributed by atoms with Crippen molar-refractivity contribution in [3.05, 3.63) is 240 Å². The number of benzene rings is 12. The summed E-state index contributed by atoms with van der Waals surface area (Å²) < 4.78 is 0. The molecular formula is C66H52N2. The van der Waals surface area contributed by atoms with E-state index >= 15 is 0 Å². The van der Waals surface area contributed by atoms with Gasteiger partial charge in [0.1, 0.15) is 0 Å². The highest BCUT2D eigenvalue weighted by molar-refractivity contribution is 6.27. The van der Waals surface area contributed by atoms with Gasteiger partial charge in [-0.2, -0.15) is 0 Å². The second-order valence-electron chi connectivity index (χ2n) is 18.8. The average Bonchev–Trinajstić information content (AvgIpc) is 3.36. The summed E-state index contributed by atoms with van der Waals surface area (Å²) in [4.78, 5) is 4.98. The van der Waals surface area contributed by atoms with Crippen LogP contribution in [0.25, 0.3) is 75.8 Å². The Morgan fingerprint density at radius 1 is 0.221 bits per heavy atom. The normalized spacial score (nSPS) is 11.7. The van der Waals surface area contributed by atoms with Crippen LogP contribution in [0.2, 0.25) is 0 Å². The molecule has 0 unspecified atom stereocenters. The van der Waals surface area contributed by atoms with Crippen molar-refractivity contribution in [1.29, 1.82) is 0 Å². The quantitative estimate of drug-likeness (QED) is 0.147. The Hall–Kier alpha value is -8.20. The molecule has 326 valence electrons. The van der Waals surface area contributed by atoms with E-state index in [2.05, 4.69) is 258 Å². The molecule has 0 radical (unpaired) electrons. The minimum absolute atomic E-state index is 1.15. The van der Waals surface area contributed by atoms with Crippen LogP contribution < -0.4 is 9.80 Å². The van der Waals surface area contributed by atoms with E-state index in [9.17, 15) is 0 Å². The Morgan fingerprint density at radius 3 is 0.765 bits per heavy atom. The maximum Gasteiger partial charge on any atom is 0.0520 e. The number of anilines is 6. The summed E-state index contributed by atoms with van der Waals surface area (Å²) in [5.74, 6) is 0. The molecule has 0 spiro atoms. The van der Waals surface area contributed by atoms with Gasteiger partial charge in [-0.05, 0) is 211 Å². The molecule has 2 heteroatoms. The molecule has 0 atom stereocenters. The van der Waals surface area contributed by atoms with Gasteiger partial charge in [0.15, 0.2) is 0 Å². The molecule has 68 heavy (non-hydrogen) atoms. The van der Waals surface area contributed by atoms with Gasteiger partial charge in [0.2, 0.25) is 0 Å². The third-order valence-corrected chi connectivity index (χ3v) is 14.4. The summed E-state index contributed by atoms with van der Waals surface area (Å²) in [6.45, 7) is 13.6. The smallest absolute Gasteiger partial charge is 0.0520 e. The highest BCUT2D eigenvalue weighted by atomic mass is 15.2. The Kier molecular flexibility index (Phi) is 9.88. The Balaban J connectivity index is 0.996. The lowest BCUT2D eigenvalue weighted by molar-refractivity contribution is 1.20. The lowest BCUT2D eigenvalue weighted by Gasteiger charge is -2.31. The molecule has 0 N–H and O–H groups in total. The van der Waals surface area contributed by atoms with Crippen LogP contribution >= 0.6 is 0 Å². The van der Waals surface area contributed by atoms with E-state index in [1.807, 2.05) is 0 Å². The molecule has 0 bridgehead atoms. The fraction of sp³-hybridized carbons (Fsp3) is 0.0909. The third-order valence-electron chi connectivity index (χ3n) is 14.4. The van der Waals surface area contributed by atoms with Crippen molar-refractivity contribution >= 4 is 98.8 Å². The number of hydrogen-bond donors (Lipinski definition) is 0. The van der Waals surface area contributed by atoms with E-state index in [-0.39, 0.29) is 0 Å². The fourth-order valence-corrected chi connectivity index (χ4v) is 11.4. The highest BCUT2D eigenvalue weighted by Crippen LogP contribution is 2.47. The maximum atomic E-state index is 2.49. The molecule has 12 aromatic rings. The van der Waals surface area contributed by atoms with Gasteiger partial charge in [-0.3, -0.25) is 0 Å². The van der Waals surface area contributed by atoms with Crippen LogP contribution in [0.15, 0.2) is 206 Å². The lowest BCUT2D eigenvalue weighted by atomic mass is 9.92. The van der Waals surface area contributed by atoms with E-state index in [4.69, 9.17) is 0 Å². The van der Waals surface area contributed by atoms with Crippen molar-refractivity contribution in [3.8, 4) is 11.1 Å². The van der Waals surface area contributed by atoms with Crippen molar-refractivity contribution in [1.82, 2.24) is 0 Å². The van der Waals surface area contributed by atoms with E-state index in [1.54, 1.807) is 0 Å². The van der Waals surface area contributed by atoms with Gasteiger partial charge in [-0.15, -0.1) is 0 Å². The second-order valence-corrected chi connectivity index (χ2v) is 18.8. The first kappa shape index (κ1) is 41.2. The van der Waals surface area contributed by atoms with Crippen molar-refractivity contribution in [2.75, 3.05) is 9.80 Å². The molecule has 0 fully saturated rings. The molecule has 2 nitrogen and oxygen atoms in total. The van der Waals surface area contributed by atoms with Gasteiger partial charge in [0.25, 0.3) is 0 Å². The molecule has 0 aliphatic carbocycles. The fourth-order valence-electron chi connectivity index (χ4n) is 11.4. The first-order valence-corrected chi connectivity index (χ1v) is 23.8. The first-order valence-electron chi connectivity index (χ1n) is 23.8. The summed E-state index contributed by atoms with van der Waals surface area (Å²) in [6, 6.07) is 76.6. The monoisotopic (exact) mass is 872 g/mol. The minimum Gasteiger partial charge on any atom is -0.310 e.